The van der Waals surface area contributed by atoms with E-state index in [0.717, 1.165) is 3.79 Å². The van der Waals surface area contributed by atoms with Crippen LogP contribution in [0, 0.1) is 11.3 Å². The molecule has 0 unspecified atom stereocenters. The van der Waals surface area contributed by atoms with Crippen molar-refractivity contribution >= 4 is 43.4 Å². The summed E-state index contributed by atoms with van der Waals surface area (Å²) in [5, 5.41) is 8.44. The maximum atomic E-state index is 8.44. The summed E-state index contributed by atoms with van der Waals surface area (Å²) in [7, 11) is 0. The van der Waals surface area contributed by atoms with Crippen molar-refractivity contribution in [3.8, 4) is 6.07 Å². The lowest BCUT2D eigenvalue weighted by Gasteiger charge is -1.77. The molecule has 0 amide bonds. The zero-order valence-corrected chi connectivity index (χ0v) is 8.05. The average Bonchev–Trinajstić information content (AvgIpc) is 2.12. The molecular weight excluding hydrogens is 268 g/mol. The fourth-order valence-electron chi connectivity index (χ4n) is 0.343. The van der Waals surface area contributed by atoms with Crippen LogP contribution >= 0.6 is 43.4 Å². The largest absolute Gasteiger partial charge is 0.192 e. The first-order valence-corrected chi connectivity index (χ1v) is 4.32. The number of hydrogen-bond donors (Lipinski definition) is 0. The Bertz CT molecular complexity index is 243. The van der Waals surface area contributed by atoms with E-state index in [1.807, 2.05) is 6.07 Å². The average molecular weight is 268 g/mol. The first kappa shape index (κ1) is 7.19. The minimum Gasteiger partial charge on any atom is -0.192 e. The predicted molar refractivity (Wildman–Crippen MR) is 42.2 cm³/mol. The quantitative estimate of drug-likeness (QED) is 0.724. The van der Waals surface area contributed by atoms with E-state index >= 15 is 0 Å². The molecule has 0 saturated carbocycles. The summed E-state index contributed by atoms with van der Waals surface area (Å²) in [6.07, 6.45) is 0. The Hall–Kier alpha value is 0.0800. The van der Waals surface area contributed by atoms with Gasteiger partial charge >= 0.3 is 0 Å². The van der Waals surface area contributed by atoms with E-state index in [1.54, 1.807) is 0 Å². The van der Waals surface area contributed by atoms with Crippen LogP contribution in [-0.4, -0.2) is 4.37 Å². The summed E-state index contributed by atoms with van der Waals surface area (Å²) in [5.74, 6) is 0. The Balaban J connectivity index is 3.27. The Labute approximate surface area is 72.9 Å². The van der Waals surface area contributed by atoms with E-state index in [0.29, 0.717) is 10.2 Å². The molecular formula is C4Br2N2S. The molecule has 46 valence electrons. The number of rotatable bonds is 0. The van der Waals surface area contributed by atoms with Gasteiger partial charge in [0.25, 0.3) is 0 Å². The van der Waals surface area contributed by atoms with Crippen molar-refractivity contribution in [2.24, 2.45) is 0 Å². The van der Waals surface area contributed by atoms with Crippen LogP contribution in [0.15, 0.2) is 8.39 Å². The molecule has 0 bridgehead atoms. The second-order valence-corrected chi connectivity index (χ2v) is 4.08. The molecule has 0 fully saturated rings. The van der Waals surface area contributed by atoms with E-state index in [4.69, 9.17) is 5.26 Å². The highest BCUT2D eigenvalue weighted by atomic mass is 79.9. The fraction of sp³-hybridized carbons (Fsp3) is 0. The lowest BCUT2D eigenvalue weighted by atomic mass is 10.4. The van der Waals surface area contributed by atoms with Gasteiger partial charge < -0.3 is 0 Å². The van der Waals surface area contributed by atoms with Gasteiger partial charge in [0, 0.05) is 0 Å². The lowest BCUT2D eigenvalue weighted by Crippen LogP contribution is -1.67. The maximum absolute atomic E-state index is 8.44. The molecule has 5 heteroatoms. The molecule has 9 heavy (non-hydrogen) atoms. The van der Waals surface area contributed by atoms with Crippen molar-refractivity contribution in [2.45, 2.75) is 0 Å². The summed E-state index contributed by atoms with van der Waals surface area (Å²) < 4.78 is 5.26. The SMILES string of the molecule is N#Cc1c(Br)nsc1Br. The third-order valence-corrected chi connectivity index (χ3v) is 3.00. The highest BCUT2D eigenvalue weighted by Gasteiger charge is 2.06. The number of nitriles is 1. The first-order valence-electron chi connectivity index (χ1n) is 1.96. The van der Waals surface area contributed by atoms with Crippen molar-refractivity contribution in [1.82, 2.24) is 4.37 Å². The molecule has 0 radical (unpaired) electrons. The normalized spacial score (nSPS) is 9.00. The molecule has 0 aliphatic heterocycles. The minimum absolute atomic E-state index is 0.569. The summed E-state index contributed by atoms with van der Waals surface area (Å²) in [5.41, 5.74) is 0.569. The highest BCUT2D eigenvalue weighted by Crippen LogP contribution is 2.27. The van der Waals surface area contributed by atoms with Gasteiger partial charge in [-0.1, -0.05) is 0 Å². The van der Waals surface area contributed by atoms with Crippen LogP contribution in [0.25, 0.3) is 0 Å². The smallest absolute Gasteiger partial charge is 0.138 e. The standard InChI is InChI=1S/C4Br2N2S/c5-3-2(1-7)4(6)9-8-3. The van der Waals surface area contributed by atoms with Gasteiger partial charge in [-0.2, -0.15) is 9.64 Å². The third-order valence-electron chi connectivity index (χ3n) is 0.721. The van der Waals surface area contributed by atoms with Crippen LogP contribution in [0.1, 0.15) is 5.56 Å². The van der Waals surface area contributed by atoms with Crippen molar-refractivity contribution < 1.29 is 0 Å². The van der Waals surface area contributed by atoms with Crippen molar-refractivity contribution in [3.05, 3.63) is 14.0 Å². The van der Waals surface area contributed by atoms with E-state index in [2.05, 4.69) is 36.2 Å². The molecule has 1 heterocycles. The molecule has 1 aromatic heterocycles. The zero-order valence-electron chi connectivity index (χ0n) is 4.06. The van der Waals surface area contributed by atoms with Crippen LogP contribution in [0.5, 0.6) is 0 Å². The molecule has 0 N–H and O–H groups in total. The van der Waals surface area contributed by atoms with Gasteiger partial charge in [-0.3, -0.25) is 0 Å². The maximum Gasteiger partial charge on any atom is 0.138 e. The van der Waals surface area contributed by atoms with Gasteiger partial charge in [0.15, 0.2) is 0 Å². The van der Waals surface area contributed by atoms with Crippen molar-refractivity contribution in [2.75, 3.05) is 0 Å². The topological polar surface area (TPSA) is 36.7 Å². The third kappa shape index (κ3) is 1.31. The summed E-state index contributed by atoms with van der Waals surface area (Å²) in [6, 6.07) is 2.00. The second kappa shape index (κ2) is 2.78. The van der Waals surface area contributed by atoms with Crippen LogP contribution in [0.3, 0.4) is 0 Å². The van der Waals surface area contributed by atoms with Crippen LogP contribution < -0.4 is 0 Å². The molecule has 0 spiro atoms. The zero-order chi connectivity index (χ0) is 6.85. The van der Waals surface area contributed by atoms with Gasteiger partial charge in [0.1, 0.15) is 20.0 Å². The monoisotopic (exact) mass is 266 g/mol. The molecule has 0 aliphatic carbocycles. The minimum atomic E-state index is 0.569. The highest BCUT2D eigenvalue weighted by molar-refractivity contribution is 9.11. The number of aromatic nitrogens is 1. The molecule has 2 nitrogen and oxygen atoms in total. The van der Waals surface area contributed by atoms with Crippen molar-refractivity contribution in [3.63, 3.8) is 0 Å². The van der Waals surface area contributed by atoms with Gasteiger partial charge in [-0.25, -0.2) is 0 Å². The van der Waals surface area contributed by atoms with Crippen LogP contribution in [-0.2, 0) is 0 Å². The number of halogens is 2. The van der Waals surface area contributed by atoms with Crippen LogP contribution in [0.2, 0.25) is 0 Å². The molecule has 0 atom stereocenters. The summed E-state index contributed by atoms with van der Waals surface area (Å²) in [4.78, 5) is 0. The molecule has 1 rings (SSSR count). The fourth-order valence-corrected chi connectivity index (χ4v) is 2.22. The second-order valence-electron chi connectivity index (χ2n) is 1.23. The Kier molecular flexibility index (Phi) is 2.22. The molecule has 0 saturated heterocycles. The van der Waals surface area contributed by atoms with E-state index in [1.165, 1.54) is 11.5 Å². The van der Waals surface area contributed by atoms with Crippen LogP contribution in [0.4, 0.5) is 0 Å². The van der Waals surface area contributed by atoms with Gasteiger partial charge in [-0.05, 0) is 43.4 Å². The van der Waals surface area contributed by atoms with E-state index < -0.39 is 0 Å². The van der Waals surface area contributed by atoms with E-state index in [9.17, 15) is 0 Å². The summed E-state index contributed by atoms with van der Waals surface area (Å²) >= 11 is 7.56. The van der Waals surface area contributed by atoms with Crippen molar-refractivity contribution in [1.29, 1.82) is 5.26 Å². The predicted octanol–water partition coefficient (Wildman–Crippen LogP) is 2.54. The first-order chi connectivity index (χ1) is 4.25. The van der Waals surface area contributed by atoms with Gasteiger partial charge in [0.2, 0.25) is 0 Å². The molecule has 0 aliphatic rings. The number of hydrogen-bond acceptors (Lipinski definition) is 3. The Morgan fingerprint density at radius 2 is 2.22 bits per heavy atom. The Morgan fingerprint density at radius 3 is 2.44 bits per heavy atom. The van der Waals surface area contributed by atoms with Gasteiger partial charge in [0.05, 0.1) is 0 Å². The lowest BCUT2D eigenvalue weighted by molar-refractivity contribution is 1.42. The Morgan fingerprint density at radius 1 is 1.56 bits per heavy atom. The summed E-state index contributed by atoms with van der Waals surface area (Å²) in [6.45, 7) is 0. The van der Waals surface area contributed by atoms with Gasteiger partial charge in [-0.15, -0.1) is 0 Å². The van der Waals surface area contributed by atoms with E-state index in [-0.39, 0.29) is 0 Å². The molecule has 1 aromatic rings. The number of nitrogens with zero attached hydrogens (tertiary/aromatic N) is 2. The molecule has 0 aromatic carbocycles.